The number of β-amino-alcohol motifs (C(OH)–C–C–N with tert-alkyl or cyclic N) is 1. The Morgan fingerprint density at radius 1 is 1.44 bits per heavy atom. The molecule has 2 rings (SSSR count). The normalized spacial score (nSPS) is 23.1. The third-order valence-electron chi connectivity index (χ3n) is 2.78. The van der Waals surface area contributed by atoms with Crippen molar-refractivity contribution in [2.75, 3.05) is 6.54 Å². The molecule has 18 heavy (non-hydrogen) atoms. The highest BCUT2D eigenvalue weighted by Gasteiger charge is 2.39. The smallest absolute Gasteiger partial charge is 0.326 e. The van der Waals surface area contributed by atoms with Gasteiger partial charge in [-0.15, -0.1) is 0 Å². The van der Waals surface area contributed by atoms with E-state index in [1.54, 1.807) is 6.07 Å². The van der Waals surface area contributed by atoms with Crippen molar-refractivity contribution in [2.24, 2.45) is 0 Å². The Bertz CT molecular complexity index is 494. The summed E-state index contributed by atoms with van der Waals surface area (Å²) in [7, 11) is 0. The van der Waals surface area contributed by atoms with Gasteiger partial charge in [0.1, 0.15) is 6.04 Å². The number of carbonyl (C=O) groups excluding carboxylic acids is 1. The van der Waals surface area contributed by atoms with E-state index in [4.69, 9.17) is 5.11 Å². The van der Waals surface area contributed by atoms with Gasteiger partial charge in [0.15, 0.2) is 0 Å². The van der Waals surface area contributed by atoms with E-state index in [0.717, 1.165) is 4.90 Å². The molecule has 0 saturated carbocycles. The predicted octanol–water partition coefficient (Wildman–Crippen LogP) is 0.504. The number of carbonyl (C=O) groups is 2. The summed E-state index contributed by atoms with van der Waals surface area (Å²) in [5.74, 6) is -1.55. The monoisotopic (exact) mass is 314 g/mol. The molecule has 1 saturated heterocycles. The number of aliphatic hydroxyl groups excluding tert-OH is 1. The van der Waals surface area contributed by atoms with Crippen molar-refractivity contribution in [3.63, 3.8) is 0 Å². The molecule has 96 valence electrons. The highest BCUT2D eigenvalue weighted by Crippen LogP contribution is 2.21. The summed E-state index contributed by atoms with van der Waals surface area (Å²) < 4.78 is 0.639. The first-order chi connectivity index (χ1) is 8.49. The van der Waals surface area contributed by atoms with Gasteiger partial charge in [-0.2, -0.15) is 0 Å². The summed E-state index contributed by atoms with van der Waals surface area (Å²) in [5, 5.41) is 18.5. The fourth-order valence-corrected chi connectivity index (χ4v) is 2.33. The Labute approximate surface area is 111 Å². The summed E-state index contributed by atoms with van der Waals surface area (Å²) >= 11 is 3.20. The van der Waals surface area contributed by atoms with E-state index < -0.39 is 24.0 Å². The van der Waals surface area contributed by atoms with E-state index in [2.05, 4.69) is 20.9 Å². The Morgan fingerprint density at radius 3 is 2.78 bits per heavy atom. The van der Waals surface area contributed by atoms with Crippen molar-refractivity contribution in [2.45, 2.75) is 18.6 Å². The van der Waals surface area contributed by atoms with Gasteiger partial charge in [0.2, 0.25) is 0 Å². The molecule has 0 radical (unpaired) electrons. The van der Waals surface area contributed by atoms with Crippen LogP contribution in [0.25, 0.3) is 0 Å². The number of rotatable bonds is 2. The summed E-state index contributed by atoms with van der Waals surface area (Å²) in [6.45, 7) is 0.0301. The molecule has 6 nitrogen and oxygen atoms in total. The minimum absolute atomic E-state index is 0.0301. The number of carboxylic acids is 1. The fourth-order valence-electron chi connectivity index (χ4n) is 1.97. The van der Waals surface area contributed by atoms with E-state index in [-0.39, 0.29) is 13.0 Å². The van der Waals surface area contributed by atoms with Crippen molar-refractivity contribution in [1.82, 2.24) is 9.88 Å². The van der Waals surface area contributed by atoms with Gasteiger partial charge in [-0.3, -0.25) is 9.78 Å². The molecule has 2 N–H and O–H groups in total. The SMILES string of the molecule is O=C(O)[C@@H]1C[C@@H](O)CN1C(=O)c1cncc(Br)c1. The zero-order valence-corrected chi connectivity index (χ0v) is 10.9. The van der Waals surface area contributed by atoms with Crippen LogP contribution in [0.1, 0.15) is 16.8 Å². The lowest BCUT2D eigenvalue weighted by Crippen LogP contribution is -2.40. The molecule has 0 spiro atoms. The maximum Gasteiger partial charge on any atom is 0.326 e. The number of nitrogens with zero attached hydrogens (tertiary/aromatic N) is 2. The molecule has 1 aliphatic rings. The van der Waals surface area contributed by atoms with Gasteiger partial charge in [-0.05, 0) is 22.0 Å². The minimum Gasteiger partial charge on any atom is -0.480 e. The van der Waals surface area contributed by atoms with Crippen LogP contribution in [0.3, 0.4) is 0 Å². The summed E-state index contributed by atoms with van der Waals surface area (Å²) in [6.07, 6.45) is 2.17. The minimum atomic E-state index is -1.11. The van der Waals surface area contributed by atoms with E-state index in [9.17, 15) is 14.7 Å². The Balaban J connectivity index is 2.25. The van der Waals surface area contributed by atoms with Gasteiger partial charge in [-0.1, -0.05) is 0 Å². The third kappa shape index (κ3) is 2.51. The molecule has 1 aromatic rings. The number of pyridine rings is 1. The van der Waals surface area contributed by atoms with Crippen molar-refractivity contribution < 1.29 is 19.8 Å². The highest BCUT2D eigenvalue weighted by molar-refractivity contribution is 9.10. The molecule has 1 aromatic heterocycles. The first-order valence-corrected chi connectivity index (χ1v) is 6.10. The fraction of sp³-hybridized carbons (Fsp3) is 0.364. The standard InChI is InChI=1S/C11H11BrN2O4/c12-7-1-6(3-13-4-7)10(16)14-5-8(15)2-9(14)11(17)18/h1,3-4,8-9,15H,2,5H2,(H,17,18)/t8-,9+/m1/s1. The highest BCUT2D eigenvalue weighted by atomic mass is 79.9. The van der Waals surface area contributed by atoms with Crippen molar-refractivity contribution in [1.29, 1.82) is 0 Å². The Morgan fingerprint density at radius 2 is 2.17 bits per heavy atom. The second-order valence-electron chi connectivity index (χ2n) is 4.09. The zero-order chi connectivity index (χ0) is 13.3. The van der Waals surface area contributed by atoms with Gasteiger partial charge in [0, 0.05) is 29.8 Å². The molecule has 0 aromatic carbocycles. The maximum absolute atomic E-state index is 12.2. The molecule has 2 heterocycles. The van der Waals surface area contributed by atoms with E-state index in [1.165, 1.54) is 12.4 Å². The van der Waals surface area contributed by atoms with Gasteiger partial charge in [0.05, 0.1) is 11.7 Å². The lowest BCUT2D eigenvalue weighted by Gasteiger charge is -2.20. The van der Waals surface area contributed by atoms with Gasteiger partial charge in [-0.25, -0.2) is 4.79 Å². The van der Waals surface area contributed by atoms with Crippen LogP contribution < -0.4 is 0 Å². The summed E-state index contributed by atoms with van der Waals surface area (Å²) in [6, 6.07) is 0.588. The maximum atomic E-state index is 12.2. The number of carboxylic acid groups (broad SMARTS) is 1. The molecule has 1 aliphatic heterocycles. The first kappa shape index (κ1) is 13.0. The summed E-state index contributed by atoms with van der Waals surface area (Å²) in [5.41, 5.74) is 0.296. The number of aliphatic hydroxyl groups is 1. The van der Waals surface area contributed by atoms with Crippen LogP contribution in [-0.4, -0.2) is 50.7 Å². The second kappa shape index (κ2) is 5.03. The van der Waals surface area contributed by atoms with Gasteiger partial charge < -0.3 is 15.1 Å². The van der Waals surface area contributed by atoms with Crippen LogP contribution in [0, 0.1) is 0 Å². The molecule has 0 unspecified atom stereocenters. The van der Waals surface area contributed by atoms with Crippen LogP contribution in [0.4, 0.5) is 0 Å². The third-order valence-corrected chi connectivity index (χ3v) is 3.21. The zero-order valence-electron chi connectivity index (χ0n) is 9.28. The Kier molecular flexibility index (Phi) is 3.63. The van der Waals surface area contributed by atoms with Crippen LogP contribution in [0.15, 0.2) is 22.9 Å². The van der Waals surface area contributed by atoms with E-state index in [0.29, 0.717) is 10.0 Å². The number of hydrogen-bond acceptors (Lipinski definition) is 4. The molecule has 0 aliphatic carbocycles. The average molecular weight is 315 g/mol. The molecule has 7 heteroatoms. The second-order valence-corrected chi connectivity index (χ2v) is 5.01. The quantitative estimate of drug-likeness (QED) is 0.829. The van der Waals surface area contributed by atoms with E-state index in [1.807, 2.05) is 0 Å². The number of halogens is 1. The predicted molar refractivity (Wildman–Crippen MR) is 65.0 cm³/mol. The molecule has 1 fully saturated rings. The van der Waals surface area contributed by atoms with Crippen LogP contribution in [0.2, 0.25) is 0 Å². The Hall–Kier alpha value is -1.47. The molecule has 1 amide bonds. The van der Waals surface area contributed by atoms with Crippen molar-refractivity contribution in [3.8, 4) is 0 Å². The largest absolute Gasteiger partial charge is 0.480 e. The van der Waals surface area contributed by atoms with E-state index >= 15 is 0 Å². The number of amides is 1. The van der Waals surface area contributed by atoms with Crippen LogP contribution in [-0.2, 0) is 4.79 Å². The van der Waals surface area contributed by atoms with Gasteiger partial charge in [0.25, 0.3) is 5.91 Å². The molecular weight excluding hydrogens is 304 g/mol. The number of likely N-dealkylation sites (tertiary alicyclic amines) is 1. The summed E-state index contributed by atoms with van der Waals surface area (Å²) in [4.78, 5) is 28.2. The molecular formula is C11H11BrN2O4. The van der Waals surface area contributed by atoms with Crippen molar-refractivity contribution in [3.05, 3.63) is 28.5 Å². The lowest BCUT2D eigenvalue weighted by atomic mass is 10.2. The lowest BCUT2D eigenvalue weighted by molar-refractivity contribution is -0.141. The molecule has 0 bridgehead atoms. The number of aliphatic carboxylic acids is 1. The number of hydrogen-bond donors (Lipinski definition) is 2. The number of aromatic nitrogens is 1. The topological polar surface area (TPSA) is 90.7 Å². The van der Waals surface area contributed by atoms with Crippen LogP contribution >= 0.6 is 15.9 Å². The van der Waals surface area contributed by atoms with Crippen LogP contribution in [0.5, 0.6) is 0 Å². The first-order valence-electron chi connectivity index (χ1n) is 5.31. The van der Waals surface area contributed by atoms with Gasteiger partial charge >= 0.3 is 5.97 Å². The van der Waals surface area contributed by atoms with Crippen molar-refractivity contribution >= 4 is 27.8 Å². The average Bonchev–Trinajstić information content (AvgIpc) is 2.70. The molecule has 2 atom stereocenters.